The van der Waals surface area contributed by atoms with Gasteiger partial charge in [-0.3, -0.25) is 9.97 Å². The van der Waals surface area contributed by atoms with Crippen molar-refractivity contribution in [3.63, 3.8) is 0 Å². The van der Waals surface area contributed by atoms with Gasteiger partial charge in [-0.15, -0.1) is 0 Å². The van der Waals surface area contributed by atoms with E-state index in [9.17, 15) is 0 Å². The van der Waals surface area contributed by atoms with Crippen molar-refractivity contribution < 1.29 is 18.9 Å². The molecule has 0 fully saturated rings. The molecule has 23 aromatic rings. The van der Waals surface area contributed by atoms with Gasteiger partial charge in [-0.1, -0.05) is 182 Å². The van der Waals surface area contributed by atoms with Crippen LogP contribution in [0.3, 0.4) is 0 Å². The van der Waals surface area contributed by atoms with Gasteiger partial charge in [0.1, 0.15) is 0 Å². The van der Waals surface area contributed by atoms with Crippen molar-refractivity contribution in [1.82, 2.24) is 28.2 Å². The van der Waals surface area contributed by atoms with Gasteiger partial charge >= 0.3 is 0 Å². The number of hydrogen-bond acceptors (Lipinski definition) is 10. The van der Waals surface area contributed by atoms with Gasteiger partial charge in [0.25, 0.3) is 0 Å². The van der Waals surface area contributed by atoms with Crippen LogP contribution in [-0.4, -0.2) is 28.2 Å². The summed E-state index contributed by atoms with van der Waals surface area (Å²) in [6.07, 6.45) is 7.51. The van der Waals surface area contributed by atoms with Crippen molar-refractivity contribution in [2.24, 2.45) is 0 Å². The fourth-order valence-corrected chi connectivity index (χ4v) is 20.7. The predicted octanol–water partition coefficient (Wildman–Crippen LogP) is 31.5. The summed E-state index contributed by atoms with van der Waals surface area (Å²) in [5.41, 5.74) is 23.4. The van der Waals surface area contributed by atoms with E-state index in [4.69, 9.17) is 18.9 Å². The minimum absolute atomic E-state index is 0.289. The first-order chi connectivity index (χ1) is 62.2. The third-order valence-corrected chi connectivity index (χ3v) is 25.8. The van der Waals surface area contributed by atoms with Gasteiger partial charge in [0.15, 0.2) is 46.0 Å². The molecule has 6 aromatic heterocycles. The van der Waals surface area contributed by atoms with Crippen LogP contribution < -0.4 is 38.5 Å². The Balaban J connectivity index is 0.000000136. The topological polar surface area (TPSA) is 95.4 Å². The fourth-order valence-electron chi connectivity index (χ4n) is 20.7. The lowest BCUT2D eigenvalue weighted by molar-refractivity contribution is 0.477. The average Bonchev–Trinajstić information content (AvgIpc) is 1.02. The van der Waals surface area contributed by atoms with Crippen molar-refractivity contribution in [2.75, 3.05) is 19.6 Å². The maximum Gasteiger partial charge on any atom is 0.152 e. The van der Waals surface area contributed by atoms with Crippen LogP contribution in [-0.2, 0) is 0 Å². The van der Waals surface area contributed by atoms with E-state index in [1.54, 1.807) is 0 Å². The maximum atomic E-state index is 6.93. The first kappa shape index (κ1) is 71.2. The van der Waals surface area contributed by atoms with Gasteiger partial charge in [-0.05, 0) is 208 Å². The smallest absolute Gasteiger partial charge is 0.152 e. The van der Waals surface area contributed by atoms with Crippen molar-refractivity contribution in [2.45, 2.75) is 39.8 Å². The number of ether oxygens (including phenoxy) is 4. The van der Waals surface area contributed by atoms with Crippen LogP contribution in [0, 0.1) is 0 Å². The van der Waals surface area contributed by atoms with Crippen LogP contribution in [0.15, 0.2) is 377 Å². The Bertz CT molecular complexity index is 8010. The molecule has 0 N–H and O–H groups in total. The zero-order valence-electron chi connectivity index (χ0n) is 69.1. The summed E-state index contributed by atoms with van der Waals surface area (Å²) in [6.45, 7) is 9.03. The van der Waals surface area contributed by atoms with E-state index in [1.165, 1.54) is 43.6 Å². The number of hydrogen-bond donors (Lipinski definition) is 0. The fraction of sp³-hybridized carbons (Fsp3) is 0.0536. The molecule has 0 radical (unpaired) electrons. The molecule has 0 aliphatic carbocycles. The van der Waals surface area contributed by atoms with Crippen LogP contribution in [0.2, 0.25) is 0 Å². The molecule has 4 aliphatic rings. The zero-order valence-corrected chi connectivity index (χ0v) is 69.1. The molecule has 27 rings (SSSR count). The van der Waals surface area contributed by atoms with Crippen LogP contribution in [0.1, 0.15) is 39.8 Å². The Hall–Kier alpha value is -16.6. The van der Waals surface area contributed by atoms with Crippen LogP contribution in [0.4, 0.5) is 68.2 Å². The number of anilines is 12. The second-order valence-electron chi connectivity index (χ2n) is 33.6. The van der Waals surface area contributed by atoms with Crippen LogP contribution >= 0.6 is 0 Å². The number of benzene rings is 17. The summed E-state index contributed by atoms with van der Waals surface area (Å²) >= 11 is 0. The second-order valence-corrected chi connectivity index (χ2v) is 33.6. The van der Waals surface area contributed by atoms with Crippen molar-refractivity contribution in [3.8, 4) is 57.4 Å². The lowest BCUT2D eigenvalue weighted by atomic mass is 9.94. The number of fused-ring (bicyclic) bond motifs is 23. The van der Waals surface area contributed by atoms with E-state index in [0.717, 1.165) is 202 Å². The molecule has 17 aromatic carbocycles. The molecule has 598 valence electrons. The van der Waals surface area contributed by atoms with Crippen molar-refractivity contribution >= 4 is 188 Å². The Morgan fingerprint density at radius 2 is 0.492 bits per heavy atom. The number of para-hydroxylation sites is 12. The maximum absolute atomic E-state index is 6.93. The van der Waals surface area contributed by atoms with Gasteiger partial charge in [-0.2, -0.15) is 0 Å². The van der Waals surface area contributed by atoms with Crippen LogP contribution in [0.5, 0.6) is 46.0 Å². The zero-order chi connectivity index (χ0) is 83.3. The molecule has 10 heterocycles. The molecule has 14 heteroatoms. The van der Waals surface area contributed by atoms with Crippen molar-refractivity contribution in [1.29, 1.82) is 0 Å². The van der Waals surface area contributed by atoms with E-state index in [-0.39, 0.29) is 12.1 Å². The summed E-state index contributed by atoms with van der Waals surface area (Å²) in [7, 11) is 0. The monoisotopic (exact) mass is 1620 g/mol. The van der Waals surface area contributed by atoms with E-state index in [1.807, 2.05) is 61.2 Å². The Kier molecular flexibility index (Phi) is 15.5. The average molecular weight is 1630 g/mol. The standard InChI is InChI=1S/C60H36N6O2.C52H40N4O2/c1-2-20-42-41(19-1)59(65-49-25-9-11-27-55(49)67-57-31-45-39-17-5-7-23-47(39)63(51(45)33-53(57)65)37-15-13-29-61-35-37)43-21-3-4-22-44(43)60(42)66-50-26-10-12-28-56(50)68-58-32-46-40-18-6-8-24-48(40)64(52(46)34-54(58)66)38-16-14-30-62-36-38;1-31(2)53-41-15-7-5-13-37(41)39-27-51-47(29-45(39)53)55(43-17-9-11-19-49(43)57-51)35-23-21-34-26-36(24-22-33(34)25-35)56-44-18-10-12-20-50(44)58-52-28-40-38-14-6-8-16-42(38)54(32(3)4)46(40)30-48(52)56/h1-36H;5-32H,1-4H3. The second kappa shape index (κ2) is 27.5. The first-order valence-corrected chi connectivity index (χ1v) is 43.0. The minimum atomic E-state index is 0.289. The summed E-state index contributed by atoms with van der Waals surface area (Å²) in [4.78, 5) is 18.7. The Labute approximate surface area is 723 Å². The van der Waals surface area contributed by atoms with E-state index in [0.29, 0.717) is 0 Å². The molecule has 126 heavy (non-hydrogen) atoms. The molecule has 0 atom stereocenters. The number of nitrogens with zero attached hydrogens (tertiary/aromatic N) is 10. The molecule has 0 saturated carbocycles. The minimum Gasteiger partial charge on any atom is -0.453 e. The molecule has 14 nitrogen and oxygen atoms in total. The lowest BCUT2D eigenvalue weighted by Crippen LogP contribution is -2.19. The highest BCUT2D eigenvalue weighted by molar-refractivity contribution is 6.26. The highest BCUT2D eigenvalue weighted by atomic mass is 16.5. The summed E-state index contributed by atoms with van der Waals surface area (Å²) in [5.74, 6) is 6.53. The Morgan fingerprint density at radius 3 is 0.833 bits per heavy atom. The molecular weight excluding hydrogens is 1550 g/mol. The molecule has 0 amide bonds. The van der Waals surface area contributed by atoms with E-state index in [2.05, 4.69) is 391 Å². The SMILES string of the molecule is CC(C)n1c2ccccc2c2cc3c(cc21)N(c1ccc2cc(N4c5ccccc5Oc5cc6c7ccccc7n(C(C)C)c6cc54)ccc2c1)c1ccccc1O3.c1cncc(-n2c3ccccc3c3cc4c(cc32)N(c2c3ccccc3c(N3c5ccccc5Oc5cc6c7ccccc7n(-c7cccnc7)c6cc53)c3ccccc23)c2ccccc2O4)c1. The number of aromatic nitrogens is 6. The van der Waals surface area contributed by atoms with Gasteiger partial charge in [0.2, 0.25) is 0 Å². The summed E-state index contributed by atoms with van der Waals surface area (Å²) < 4.78 is 36.7. The van der Waals surface area contributed by atoms with Gasteiger partial charge in [-0.25, -0.2) is 0 Å². The number of pyridine rings is 2. The molecule has 4 aliphatic heterocycles. The van der Waals surface area contributed by atoms with Gasteiger partial charge in [0.05, 0.1) is 114 Å². The largest absolute Gasteiger partial charge is 0.453 e. The lowest BCUT2D eigenvalue weighted by Gasteiger charge is -2.37. The van der Waals surface area contributed by atoms with E-state index < -0.39 is 0 Å². The van der Waals surface area contributed by atoms with Crippen LogP contribution in [0.25, 0.3) is 131 Å². The third-order valence-electron chi connectivity index (χ3n) is 25.8. The third kappa shape index (κ3) is 10.6. The molecule has 0 spiro atoms. The highest BCUT2D eigenvalue weighted by Crippen LogP contribution is 2.62. The molecule has 0 saturated heterocycles. The Morgan fingerprint density at radius 1 is 0.206 bits per heavy atom. The summed E-state index contributed by atoms with van der Waals surface area (Å²) in [5, 5.41) is 16.0. The quantitative estimate of drug-likeness (QED) is 0.137. The predicted molar refractivity (Wildman–Crippen MR) is 515 cm³/mol. The highest BCUT2D eigenvalue weighted by Gasteiger charge is 2.37. The molecule has 0 bridgehead atoms. The number of rotatable bonds is 8. The van der Waals surface area contributed by atoms with Crippen molar-refractivity contribution in [3.05, 3.63) is 377 Å². The summed E-state index contributed by atoms with van der Waals surface area (Å²) in [6, 6.07) is 126. The molecular formula is C112H76N10O4. The normalized spacial score (nSPS) is 13.1. The van der Waals surface area contributed by atoms with E-state index >= 15 is 0 Å². The first-order valence-electron chi connectivity index (χ1n) is 43.0. The molecule has 0 unspecified atom stereocenters. The van der Waals surface area contributed by atoms with Gasteiger partial charge < -0.3 is 56.8 Å². The van der Waals surface area contributed by atoms with Gasteiger partial charge in [0, 0.05) is 112 Å².